The summed E-state index contributed by atoms with van der Waals surface area (Å²) in [5, 5.41) is 10.1. The molecule has 0 fully saturated rings. The molecule has 0 radical (unpaired) electrons. The minimum absolute atomic E-state index is 0.135. The summed E-state index contributed by atoms with van der Waals surface area (Å²) in [6, 6.07) is 5.42. The maximum Gasteiger partial charge on any atom is 0.323 e. The van der Waals surface area contributed by atoms with Crippen molar-refractivity contribution in [1.82, 2.24) is 4.57 Å². The third-order valence-corrected chi connectivity index (χ3v) is 2.64. The van der Waals surface area contributed by atoms with Crippen LogP contribution >= 0.6 is 11.6 Å². The maximum absolute atomic E-state index is 10.7. The van der Waals surface area contributed by atoms with Gasteiger partial charge in [-0.25, -0.2) is 0 Å². The van der Waals surface area contributed by atoms with E-state index in [1.54, 1.807) is 23.9 Å². The van der Waals surface area contributed by atoms with Crippen LogP contribution in [-0.2, 0) is 11.3 Å². The van der Waals surface area contributed by atoms with Crippen molar-refractivity contribution in [2.45, 2.75) is 6.54 Å². The van der Waals surface area contributed by atoms with E-state index in [0.717, 1.165) is 5.39 Å². The number of benzene rings is 1. The lowest BCUT2D eigenvalue weighted by Gasteiger charge is -2.06. The van der Waals surface area contributed by atoms with Crippen molar-refractivity contribution in [3.8, 4) is 5.75 Å². The second-order valence-corrected chi connectivity index (χ2v) is 3.76. The number of aromatic nitrogens is 1. The molecule has 4 nitrogen and oxygen atoms in total. The van der Waals surface area contributed by atoms with Gasteiger partial charge in [-0.2, -0.15) is 0 Å². The van der Waals surface area contributed by atoms with Crippen LogP contribution in [0.1, 0.15) is 0 Å². The lowest BCUT2D eigenvalue weighted by molar-refractivity contribution is -0.137. The number of nitrogens with zero attached hydrogens (tertiary/aromatic N) is 1. The van der Waals surface area contributed by atoms with Gasteiger partial charge in [-0.3, -0.25) is 4.79 Å². The molecular weight excluding hydrogens is 230 g/mol. The van der Waals surface area contributed by atoms with Gasteiger partial charge in [0.15, 0.2) is 0 Å². The van der Waals surface area contributed by atoms with E-state index in [1.807, 2.05) is 12.1 Å². The summed E-state index contributed by atoms with van der Waals surface area (Å²) in [5.41, 5.74) is 0.706. The molecule has 5 heteroatoms. The van der Waals surface area contributed by atoms with Crippen molar-refractivity contribution in [3.05, 3.63) is 29.4 Å². The highest BCUT2D eigenvalue weighted by atomic mass is 35.5. The first kappa shape index (κ1) is 10.8. The van der Waals surface area contributed by atoms with Gasteiger partial charge in [0.2, 0.25) is 0 Å². The Morgan fingerprint density at radius 1 is 1.56 bits per heavy atom. The fourth-order valence-corrected chi connectivity index (χ4v) is 1.99. The zero-order chi connectivity index (χ0) is 11.7. The molecule has 0 spiro atoms. The van der Waals surface area contributed by atoms with Crippen molar-refractivity contribution in [2.75, 3.05) is 7.11 Å². The number of hydrogen-bond acceptors (Lipinski definition) is 2. The van der Waals surface area contributed by atoms with Gasteiger partial charge in [0.25, 0.3) is 0 Å². The van der Waals surface area contributed by atoms with Gasteiger partial charge in [-0.15, -0.1) is 0 Å². The first-order chi connectivity index (χ1) is 7.63. The number of fused-ring (bicyclic) bond motifs is 1. The third-order valence-electron chi connectivity index (χ3n) is 2.34. The fourth-order valence-electron chi connectivity index (χ4n) is 1.72. The standard InChI is InChI=1S/C11H10ClNO3/c1-16-9-4-2-3-7-8(12)5-13(11(7)9)6-10(14)15/h2-5H,6H2,1H3,(H,14,15). The summed E-state index contributed by atoms with van der Waals surface area (Å²) in [4.78, 5) is 10.7. The number of hydrogen-bond donors (Lipinski definition) is 1. The number of carbonyl (C=O) groups is 1. The Hall–Kier alpha value is -1.68. The van der Waals surface area contributed by atoms with Gasteiger partial charge in [0.1, 0.15) is 12.3 Å². The summed E-state index contributed by atoms with van der Waals surface area (Å²) in [5.74, 6) is -0.301. The minimum Gasteiger partial charge on any atom is -0.495 e. The SMILES string of the molecule is COc1cccc2c(Cl)cn(CC(=O)O)c12. The van der Waals surface area contributed by atoms with Gasteiger partial charge >= 0.3 is 5.97 Å². The third kappa shape index (κ3) is 1.72. The van der Waals surface area contributed by atoms with Gasteiger partial charge in [-0.05, 0) is 6.07 Å². The van der Waals surface area contributed by atoms with E-state index in [0.29, 0.717) is 16.3 Å². The highest BCUT2D eigenvalue weighted by Gasteiger charge is 2.12. The smallest absolute Gasteiger partial charge is 0.323 e. The van der Waals surface area contributed by atoms with E-state index >= 15 is 0 Å². The van der Waals surface area contributed by atoms with Crippen LogP contribution < -0.4 is 4.74 Å². The quantitative estimate of drug-likeness (QED) is 0.895. The second-order valence-electron chi connectivity index (χ2n) is 3.36. The van der Waals surface area contributed by atoms with Crippen molar-refractivity contribution in [2.24, 2.45) is 0 Å². The molecular formula is C11H10ClNO3. The van der Waals surface area contributed by atoms with Crippen LogP contribution in [0.15, 0.2) is 24.4 Å². The molecule has 0 aliphatic heterocycles. The molecule has 0 bridgehead atoms. The number of methoxy groups -OCH3 is 1. The average molecular weight is 240 g/mol. The van der Waals surface area contributed by atoms with Crippen molar-refractivity contribution < 1.29 is 14.6 Å². The van der Waals surface area contributed by atoms with Gasteiger partial charge < -0.3 is 14.4 Å². The summed E-state index contributed by atoms with van der Waals surface area (Å²) in [7, 11) is 1.54. The molecule has 1 aromatic carbocycles. The molecule has 1 aromatic heterocycles. The zero-order valence-corrected chi connectivity index (χ0v) is 9.36. The molecule has 84 valence electrons. The molecule has 0 atom stereocenters. The summed E-state index contributed by atoms with van der Waals surface area (Å²) < 4.78 is 6.76. The van der Waals surface area contributed by atoms with Crippen molar-refractivity contribution in [1.29, 1.82) is 0 Å². The van der Waals surface area contributed by atoms with E-state index in [4.69, 9.17) is 21.4 Å². The van der Waals surface area contributed by atoms with Gasteiger partial charge in [-0.1, -0.05) is 23.7 Å². The lowest BCUT2D eigenvalue weighted by Crippen LogP contribution is -2.07. The fraction of sp³-hybridized carbons (Fsp3) is 0.182. The molecule has 2 rings (SSSR count). The lowest BCUT2D eigenvalue weighted by atomic mass is 10.2. The predicted octanol–water partition coefficient (Wildman–Crippen LogP) is 2.39. The number of carboxylic acid groups (broad SMARTS) is 1. The van der Waals surface area contributed by atoms with E-state index in [1.165, 1.54) is 0 Å². The van der Waals surface area contributed by atoms with Crippen LogP contribution in [0.5, 0.6) is 5.75 Å². The number of rotatable bonds is 3. The number of ether oxygens (including phenoxy) is 1. The van der Waals surface area contributed by atoms with Crippen molar-refractivity contribution in [3.63, 3.8) is 0 Å². The van der Waals surface area contributed by atoms with Gasteiger partial charge in [0, 0.05) is 11.6 Å². The Bertz CT molecular complexity index is 547. The highest BCUT2D eigenvalue weighted by Crippen LogP contribution is 2.32. The van der Waals surface area contributed by atoms with Crippen LogP contribution in [0.25, 0.3) is 10.9 Å². The Labute approximate surface area is 97.0 Å². The number of aliphatic carboxylic acids is 1. The van der Waals surface area contributed by atoms with Crippen LogP contribution in [0.2, 0.25) is 5.02 Å². The van der Waals surface area contributed by atoms with Crippen LogP contribution in [0, 0.1) is 0 Å². The van der Waals surface area contributed by atoms with Crippen molar-refractivity contribution >= 4 is 28.5 Å². The zero-order valence-electron chi connectivity index (χ0n) is 8.61. The summed E-state index contributed by atoms with van der Waals surface area (Å²) in [6.45, 7) is -0.135. The molecule has 0 aliphatic rings. The largest absolute Gasteiger partial charge is 0.495 e. The summed E-state index contributed by atoms with van der Waals surface area (Å²) >= 11 is 6.02. The van der Waals surface area contributed by atoms with Crippen LogP contribution in [0.4, 0.5) is 0 Å². The number of halogens is 1. The monoisotopic (exact) mass is 239 g/mol. The molecule has 16 heavy (non-hydrogen) atoms. The molecule has 0 saturated heterocycles. The second kappa shape index (κ2) is 4.06. The molecule has 1 heterocycles. The average Bonchev–Trinajstić information content (AvgIpc) is 2.55. The topological polar surface area (TPSA) is 51.5 Å². The molecule has 2 aromatic rings. The number of carboxylic acids is 1. The molecule has 0 aliphatic carbocycles. The first-order valence-corrected chi connectivity index (χ1v) is 5.04. The van der Waals surface area contributed by atoms with E-state index in [-0.39, 0.29) is 6.54 Å². The van der Waals surface area contributed by atoms with Crippen LogP contribution in [0.3, 0.4) is 0 Å². The van der Waals surface area contributed by atoms with E-state index in [2.05, 4.69) is 0 Å². The maximum atomic E-state index is 10.7. The van der Waals surface area contributed by atoms with Crippen LogP contribution in [-0.4, -0.2) is 22.8 Å². The Morgan fingerprint density at radius 3 is 2.94 bits per heavy atom. The Balaban J connectivity index is 2.69. The van der Waals surface area contributed by atoms with E-state index in [9.17, 15) is 4.79 Å². The normalized spacial score (nSPS) is 10.6. The molecule has 0 unspecified atom stereocenters. The molecule has 0 saturated carbocycles. The van der Waals surface area contributed by atoms with E-state index < -0.39 is 5.97 Å². The Morgan fingerprint density at radius 2 is 2.31 bits per heavy atom. The molecule has 1 N–H and O–H groups in total. The summed E-state index contributed by atoms with van der Waals surface area (Å²) in [6.07, 6.45) is 1.60. The first-order valence-electron chi connectivity index (χ1n) is 4.66. The predicted molar refractivity (Wildman–Crippen MR) is 61.1 cm³/mol. The highest BCUT2D eigenvalue weighted by molar-refractivity contribution is 6.35. The molecule has 0 amide bonds. The minimum atomic E-state index is -0.917. The Kier molecular flexibility index (Phi) is 2.75. The van der Waals surface area contributed by atoms with Gasteiger partial charge in [0.05, 0.1) is 17.6 Å². The number of para-hydroxylation sites is 1.